The molecule has 5 N–H and O–H groups in total. The van der Waals surface area contributed by atoms with E-state index < -0.39 is 11.1 Å². The van der Waals surface area contributed by atoms with Gasteiger partial charge in [0.05, 0.1) is 22.9 Å². The molecule has 1 fully saturated rings. The zero-order valence-electron chi connectivity index (χ0n) is 30.9. The summed E-state index contributed by atoms with van der Waals surface area (Å²) in [5.41, 5.74) is 11.9. The SMILES string of the molecule is CC(Cc1ccc(-c2ccc(OCC3CCCCC3)cc2)cc1)N(/C=C(\N)c1ccc(Cl)cc1Cl)c1cccc(/C(=C/C(=O)[NH2+]C(C)(C)C)[SH+](=O)O)c1. The third-order valence-corrected chi connectivity index (χ3v) is 10.7. The first kappa shape index (κ1) is 40.3. The molecule has 0 spiro atoms. The van der Waals surface area contributed by atoms with Crippen molar-refractivity contribution in [3.05, 3.63) is 130 Å². The molecule has 2 unspecified atom stereocenters. The van der Waals surface area contributed by atoms with Gasteiger partial charge in [-0.1, -0.05) is 89.1 Å². The van der Waals surface area contributed by atoms with Gasteiger partial charge in [-0.2, -0.15) is 4.55 Å². The zero-order chi connectivity index (χ0) is 38.1. The van der Waals surface area contributed by atoms with Crippen molar-refractivity contribution in [2.45, 2.75) is 77.8 Å². The van der Waals surface area contributed by atoms with Crippen molar-refractivity contribution in [2.24, 2.45) is 11.7 Å². The number of quaternary nitrogens is 1. The Bertz CT molecular complexity index is 1950. The van der Waals surface area contributed by atoms with Crippen molar-refractivity contribution in [1.82, 2.24) is 0 Å². The van der Waals surface area contributed by atoms with Crippen LogP contribution in [0.2, 0.25) is 10.0 Å². The molecule has 280 valence electrons. The largest absolute Gasteiger partial charge is 0.493 e. The van der Waals surface area contributed by atoms with Gasteiger partial charge in [-0.15, -0.1) is 0 Å². The van der Waals surface area contributed by atoms with Crippen LogP contribution in [-0.4, -0.2) is 28.6 Å². The van der Waals surface area contributed by atoms with Gasteiger partial charge in [-0.25, -0.2) is 4.79 Å². The van der Waals surface area contributed by atoms with Gasteiger partial charge in [0.15, 0.2) is 0 Å². The third kappa shape index (κ3) is 11.8. The summed E-state index contributed by atoms with van der Waals surface area (Å²) >= 11 is 9.90. The van der Waals surface area contributed by atoms with Crippen LogP contribution in [0.3, 0.4) is 0 Å². The molecule has 0 bridgehead atoms. The van der Waals surface area contributed by atoms with Crippen LogP contribution in [0.15, 0.2) is 103 Å². The second-order valence-electron chi connectivity index (χ2n) is 15.0. The number of ether oxygens (including phenoxy) is 1. The summed E-state index contributed by atoms with van der Waals surface area (Å²) in [6, 6.07) is 29.1. The van der Waals surface area contributed by atoms with Crippen LogP contribution in [0.5, 0.6) is 5.75 Å². The van der Waals surface area contributed by atoms with E-state index in [4.69, 9.17) is 33.7 Å². The van der Waals surface area contributed by atoms with E-state index in [1.165, 1.54) is 43.5 Å². The molecular weight excluding hydrogens is 725 g/mol. The smallest absolute Gasteiger partial charge is 0.340 e. The number of nitrogens with zero attached hydrogens (tertiary/aromatic N) is 1. The quantitative estimate of drug-likeness (QED) is 0.0710. The van der Waals surface area contributed by atoms with Gasteiger partial charge in [0.25, 0.3) is 0 Å². The highest BCUT2D eigenvalue weighted by atomic mass is 35.5. The minimum atomic E-state index is -2.82. The van der Waals surface area contributed by atoms with E-state index >= 15 is 0 Å². The number of hydrogen-bond donors (Lipinski definition) is 3. The first-order chi connectivity index (χ1) is 25.3. The molecule has 0 radical (unpaired) electrons. The minimum Gasteiger partial charge on any atom is -0.493 e. The maximum Gasteiger partial charge on any atom is 0.340 e. The number of thiol groups is 1. The second kappa shape index (κ2) is 18.4. The number of amides is 1. The molecule has 2 atom stereocenters. The molecule has 1 saturated carbocycles. The fraction of sp³-hybridized carbons (Fsp3) is 0.326. The molecule has 53 heavy (non-hydrogen) atoms. The molecule has 4 aromatic rings. The zero-order valence-corrected chi connectivity index (χ0v) is 33.3. The number of benzene rings is 4. The standard InChI is InChI=1S/C43H49Cl2N3O4S/c1-29(23-30-13-15-32(16-14-30)33-17-20-37(21-18-33)52-28-31-9-6-5-7-10-31)48(27-40(46)38-22-19-35(44)25-39(38)45)36-12-8-11-34(24-36)41(53(50)51)26-42(49)47-43(2,3)4/h8,11-22,24-27,29,31H,5-7,9-10,23,28,46H2,1-4H3,(H,47,49)(H,50,51)/p+2/b40-27-,41-26-. The van der Waals surface area contributed by atoms with Crippen LogP contribution in [0, 0.1) is 5.92 Å². The lowest BCUT2D eigenvalue weighted by Crippen LogP contribution is -2.97. The van der Waals surface area contributed by atoms with Gasteiger partial charge in [0.2, 0.25) is 16.0 Å². The summed E-state index contributed by atoms with van der Waals surface area (Å²) in [5, 5.41) is 2.46. The predicted octanol–water partition coefficient (Wildman–Crippen LogP) is 9.41. The lowest BCUT2D eigenvalue weighted by molar-refractivity contribution is -0.632. The topological polar surface area (TPSA) is 109 Å². The van der Waals surface area contributed by atoms with Crippen molar-refractivity contribution >= 4 is 56.5 Å². The fourth-order valence-electron chi connectivity index (χ4n) is 6.66. The first-order valence-corrected chi connectivity index (χ1v) is 20.1. The molecule has 0 aromatic heterocycles. The van der Waals surface area contributed by atoms with E-state index in [9.17, 15) is 13.6 Å². The van der Waals surface area contributed by atoms with Gasteiger partial charge in [-0.3, -0.25) is 5.32 Å². The lowest BCUT2D eigenvalue weighted by atomic mass is 9.90. The Labute approximate surface area is 326 Å². The normalized spacial score (nSPS) is 15.5. The van der Waals surface area contributed by atoms with Crippen LogP contribution >= 0.6 is 23.2 Å². The lowest BCUT2D eigenvalue weighted by Gasteiger charge is -2.29. The van der Waals surface area contributed by atoms with Crippen LogP contribution in [0.25, 0.3) is 21.7 Å². The molecule has 0 saturated heterocycles. The number of carbonyl (C=O) groups excluding carboxylic acids is 1. The summed E-state index contributed by atoms with van der Waals surface area (Å²) in [6.45, 7) is 8.58. The van der Waals surface area contributed by atoms with Gasteiger partial charge in [0, 0.05) is 34.1 Å². The third-order valence-electron chi connectivity index (χ3n) is 9.38. The Hall–Kier alpha value is -3.92. The molecule has 1 aliphatic rings. The number of hydrogen-bond acceptors (Lipinski definition) is 5. The number of anilines is 1. The van der Waals surface area contributed by atoms with Crippen molar-refractivity contribution in [2.75, 3.05) is 11.5 Å². The highest BCUT2D eigenvalue weighted by Gasteiger charge is 2.24. The number of primary amides is 1. The van der Waals surface area contributed by atoms with E-state index in [0.717, 1.165) is 34.7 Å². The van der Waals surface area contributed by atoms with Gasteiger partial charge in [0.1, 0.15) is 11.8 Å². The van der Waals surface area contributed by atoms with Crippen LogP contribution in [0.1, 0.15) is 76.5 Å². The molecule has 0 heterocycles. The molecule has 4 aromatic carbocycles. The van der Waals surface area contributed by atoms with E-state index in [-0.39, 0.29) is 22.4 Å². The average molecular weight is 777 g/mol. The number of rotatable bonds is 13. The Balaban J connectivity index is 1.39. The number of carbonyl (C=O) groups is 1. The molecular formula is C43H51Cl2N3O4S+2. The molecule has 0 aliphatic heterocycles. The maximum absolute atomic E-state index is 12.8. The summed E-state index contributed by atoms with van der Waals surface area (Å²) in [7, 11) is 0. The Morgan fingerprint density at radius 3 is 2.26 bits per heavy atom. The Kier molecular flexibility index (Phi) is 14.0. The van der Waals surface area contributed by atoms with Crippen molar-refractivity contribution in [1.29, 1.82) is 0 Å². The van der Waals surface area contributed by atoms with Crippen molar-refractivity contribution in [3.8, 4) is 16.9 Å². The van der Waals surface area contributed by atoms with Crippen LogP contribution < -0.4 is 20.7 Å². The van der Waals surface area contributed by atoms with E-state index in [2.05, 4.69) is 55.5 Å². The van der Waals surface area contributed by atoms with E-state index in [1.54, 1.807) is 36.4 Å². The average Bonchev–Trinajstić information content (AvgIpc) is 3.12. The van der Waals surface area contributed by atoms with Gasteiger partial charge >= 0.3 is 5.91 Å². The number of nitrogens with two attached hydrogens (primary N) is 2. The minimum absolute atomic E-state index is 0.0528. The van der Waals surface area contributed by atoms with Gasteiger partial charge < -0.3 is 15.4 Å². The fourth-order valence-corrected chi connectivity index (χ4v) is 7.78. The summed E-state index contributed by atoms with van der Waals surface area (Å²) in [4.78, 5) is 14.9. The summed E-state index contributed by atoms with van der Waals surface area (Å²) < 4.78 is 29.0. The van der Waals surface area contributed by atoms with Gasteiger partial charge in [-0.05, 0) is 118 Å². The molecule has 10 heteroatoms. The highest BCUT2D eigenvalue weighted by molar-refractivity contribution is 7.89. The highest BCUT2D eigenvalue weighted by Crippen LogP contribution is 2.31. The first-order valence-electron chi connectivity index (χ1n) is 18.2. The van der Waals surface area contributed by atoms with E-state index in [0.29, 0.717) is 39.2 Å². The molecule has 5 rings (SSSR count). The number of halogens is 2. The van der Waals surface area contributed by atoms with Crippen molar-refractivity contribution < 1.29 is 23.6 Å². The second-order valence-corrected chi connectivity index (χ2v) is 16.8. The van der Waals surface area contributed by atoms with Crippen LogP contribution in [0.4, 0.5) is 5.69 Å². The van der Waals surface area contributed by atoms with E-state index in [1.807, 2.05) is 37.9 Å². The monoisotopic (exact) mass is 775 g/mol. The predicted molar refractivity (Wildman–Crippen MR) is 221 cm³/mol. The summed E-state index contributed by atoms with van der Waals surface area (Å²) in [5.74, 6) is 1.24. The molecule has 7 nitrogen and oxygen atoms in total. The molecule has 1 aliphatic carbocycles. The maximum atomic E-state index is 12.8. The Morgan fingerprint density at radius 2 is 1.64 bits per heavy atom. The Morgan fingerprint density at radius 1 is 0.981 bits per heavy atom. The molecule has 1 amide bonds. The summed E-state index contributed by atoms with van der Waals surface area (Å²) in [6.07, 6.45) is 10.2. The van der Waals surface area contributed by atoms with Crippen LogP contribution in [-0.2, 0) is 26.5 Å². The van der Waals surface area contributed by atoms with Crippen molar-refractivity contribution in [3.63, 3.8) is 0 Å².